The number of carbonyl (C=O) groups is 1. The zero-order valence-corrected chi connectivity index (χ0v) is 10.6. The second kappa shape index (κ2) is 5.33. The zero-order chi connectivity index (χ0) is 12.4. The SMILES string of the molecule is C[C@@H]1CN([C@H]2CNC[C@@H](C(=O)O)C2)C[C@H](C)O1. The van der Waals surface area contributed by atoms with Crippen molar-refractivity contribution >= 4 is 5.97 Å². The number of hydrogen-bond acceptors (Lipinski definition) is 4. The fraction of sp³-hybridized carbons (Fsp3) is 0.917. The predicted octanol–water partition coefficient (Wildman–Crippen LogP) is 0.158. The van der Waals surface area contributed by atoms with E-state index in [1.165, 1.54) is 0 Å². The molecule has 2 heterocycles. The van der Waals surface area contributed by atoms with Gasteiger partial charge in [0.15, 0.2) is 0 Å². The van der Waals surface area contributed by atoms with Crippen molar-refractivity contribution in [2.24, 2.45) is 5.92 Å². The molecule has 0 spiro atoms. The first-order valence-electron chi connectivity index (χ1n) is 6.39. The molecule has 0 unspecified atom stereocenters. The van der Waals surface area contributed by atoms with Crippen LogP contribution in [0.15, 0.2) is 0 Å². The summed E-state index contributed by atoms with van der Waals surface area (Å²) < 4.78 is 5.70. The smallest absolute Gasteiger partial charge is 0.307 e. The maximum absolute atomic E-state index is 11.0. The number of nitrogens with zero attached hydrogens (tertiary/aromatic N) is 1. The van der Waals surface area contributed by atoms with Gasteiger partial charge in [-0.15, -0.1) is 0 Å². The van der Waals surface area contributed by atoms with Crippen molar-refractivity contribution in [2.45, 2.75) is 38.5 Å². The van der Waals surface area contributed by atoms with Crippen molar-refractivity contribution in [1.82, 2.24) is 10.2 Å². The molecule has 2 fully saturated rings. The molecule has 2 saturated heterocycles. The number of aliphatic carboxylic acids is 1. The van der Waals surface area contributed by atoms with E-state index in [1.807, 2.05) is 0 Å². The minimum atomic E-state index is -0.684. The van der Waals surface area contributed by atoms with Crippen LogP contribution in [-0.2, 0) is 9.53 Å². The summed E-state index contributed by atoms with van der Waals surface area (Å²) in [5.74, 6) is -0.932. The fourth-order valence-electron chi connectivity index (χ4n) is 2.90. The standard InChI is InChI=1S/C12H22N2O3/c1-8-6-14(7-9(2)17-8)11-3-10(12(15)16)4-13-5-11/h8-11,13H,3-7H2,1-2H3,(H,15,16)/t8-,9+,10-,11+/m0/s1. The third-order valence-corrected chi connectivity index (χ3v) is 3.64. The van der Waals surface area contributed by atoms with E-state index in [9.17, 15) is 4.79 Å². The van der Waals surface area contributed by atoms with Crippen molar-refractivity contribution in [3.8, 4) is 0 Å². The van der Waals surface area contributed by atoms with E-state index in [0.717, 1.165) is 26.1 Å². The van der Waals surface area contributed by atoms with E-state index in [4.69, 9.17) is 9.84 Å². The highest BCUT2D eigenvalue weighted by molar-refractivity contribution is 5.70. The number of nitrogens with one attached hydrogen (secondary N) is 1. The van der Waals surface area contributed by atoms with Gasteiger partial charge in [0.25, 0.3) is 0 Å². The summed E-state index contributed by atoms with van der Waals surface area (Å²) in [7, 11) is 0. The van der Waals surface area contributed by atoms with Gasteiger partial charge in [-0.05, 0) is 20.3 Å². The second-order valence-corrected chi connectivity index (χ2v) is 5.29. The summed E-state index contributed by atoms with van der Waals surface area (Å²) in [6.45, 7) is 7.46. The third kappa shape index (κ3) is 3.18. The quantitative estimate of drug-likeness (QED) is 0.722. The Hall–Kier alpha value is -0.650. The van der Waals surface area contributed by atoms with Crippen LogP contribution in [0.2, 0.25) is 0 Å². The Morgan fingerprint density at radius 1 is 1.29 bits per heavy atom. The number of piperidine rings is 1. The largest absolute Gasteiger partial charge is 0.481 e. The van der Waals surface area contributed by atoms with Crippen LogP contribution in [0.25, 0.3) is 0 Å². The Kier molecular flexibility index (Phi) is 4.01. The molecular weight excluding hydrogens is 220 g/mol. The molecule has 0 aromatic heterocycles. The Labute approximate surface area is 102 Å². The third-order valence-electron chi connectivity index (χ3n) is 3.64. The van der Waals surface area contributed by atoms with Gasteiger partial charge >= 0.3 is 5.97 Å². The van der Waals surface area contributed by atoms with Gasteiger partial charge in [-0.2, -0.15) is 0 Å². The molecule has 2 N–H and O–H groups in total. The lowest BCUT2D eigenvalue weighted by atomic mass is 9.94. The number of morpholine rings is 1. The van der Waals surface area contributed by atoms with Crippen LogP contribution < -0.4 is 5.32 Å². The average molecular weight is 242 g/mol. The maximum Gasteiger partial charge on any atom is 0.307 e. The van der Waals surface area contributed by atoms with Crippen LogP contribution in [-0.4, -0.2) is 60.4 Å². The topological polar surface area (TPSA) is 61.8 Å². The minimum Gasteiger partial charge on any atom is -0.481 e. The molecule has 5 heteroatoms. The van der Waals surface area contributed by atoms with Gasteiger partial charge in [0.2, 0.25) is 0 Å². The van der Waals surface area contributed by atoms with Crippen molar-refractivity contribution in [1.29, 1.82) is 0 Å². The Morgan fingerprint density at radius 3 is 2.53 bits per heavy atom. The van der Waals surface area contributed by atoms with Gasteiger partial charge in [-0.3, -0.25) is 9.69 Å². The molecule has 0 aromatic carbocycles. The van der Waals surface area contributed by atoms with Crippen molar-refractivity contribution < 1.29 is 14.6 Å². The molecule has 2 aliphatic rings. The maximum atomic E-state index is 11.0. The van der Waals surface area contributed by atoms with Crippen molar-refractivity contribution in [2.75, 3.05) is 26.2 Å². The van der Waals surface area contributed by atoms with Crippen LogP contribution >= 0.6 is 0 Å². The summed E-state index contributed by atoms with van der Waals surface area (Å²) in [6, 6.07) is 0.332. The average Bonchev–Trinajstić information content (AvgIpc) is 2.28. The molecule has 2 aliphatic heterocycles. The summed E-state index contributed by atoms with van der Waals surface area (Å²) in [5, 5.41) is 12.3. The van der Waals surface area contributed by atoms with E-state index in [1.54, 1.807) is 0 Å². The molecule has 0 aliphatic carbocycles. The van der Waals surface area contributed by atoms with E-state index < -0.39 is 5.97 Å². The molecular formula is C12H22N2O3. The van der Waals surface area contributed by atoms with Gasteiger partial charge in [0, 0.05) is 32.2 Å². The van der Waals surface area contributed by atoms with Crippen LogP contribution in [0.1, 0.15) is 20.3 Å². The molecule has 0 amide bonds. The number of hydrogen-bond donors (Lipinski definition) is 2. The first kappa shape index (κ1) is 12.8. The van der Waals surface area contributed by atoms with Crippen molar-refractivity contribution in [3.05, 3.63) is 0 Å². The Bertz CT molecular complexity index is 275. The monoisotopic (exact) mass is 242 g/mol. The highest BCUT2D eigenvalue weighted by Crippen LogP contribution is 2.20. The fourth-order valence-corrected chi connectivity index (χ4v) is 2.90. The first-order valence-corrected chi connectivity index (χ1v) is 6.39. The predicted molar refractivity (Wildman–Crippen MR) is 64.0 cm³/mol. The minimum absolute atomic E-state index is 0.240. The zero-order valence-electron chi connectivity index (χ0n) is 10.6. The van der Waals surface area contributed by atoms with Gasteiger partial charge in [0.05, 0.1) is 18.1 Å². The lowest BCUT2D eigenvalue weighted by molar-refractivity contribution is -0.143. The highest BCUT2D eigenvalue weighted by Gasteiger charge is 2.33. The number of rotatable bonds is 2. The molecule has 0 aromatic rings. The second-order valence-electron chi connectivity index (χ2n) is 5.29. The molecule has 5 nitrogen and oxygen atoms in total. The summed E-state index contributed by atoms with van der Waals surface area (Å²) in [5.41, 5.74) is 0. The van der Waals surface area contributed by atoms with Crippen LogP contribution in [0.3, 0.4) is 0 Å². The van der Waals surface area contributed by atoms with E-state index in [-0.39, 0.29) is 18.1 Å². The molecule has 0 bridgehead atoms. The number of carboxylic acid groups (broad SMARTS) is 1. The Balaban J connectivity index is 1.94. The van der Waals surface area contributed by atoms with Crippen LogP contribution in [0, 0.1) is 5.92 Å². The summed E-state index contributed by atoms with van der Waals surface area (Å²) >= 11 is 0. The Morgan fingerprint density at radius 2 is 1.94 bits per heavy atom. The lowest BCUT2D eigenvalue weighted by Crippen LogP contribution is -2.56. The van der Waals surface area contributed by atoms with E-state index in [0.29, 0.717) is 12.6 Å². The number of ether oxygens (including phenoxy) is 1. The number of carboxylic acids is 1. The molecule has 2 rings (SSSR count). The molecule has 4 atom stereocenters. The van der Waals surface area contributed by atoms with E-state index in [2.05, 4.69) is 24.1 Å². The summed E-state index contributed by atoms with van der Waals surface area (Å²) in [4.78, 5) is 13.4. The molecule has 98 valence electrons. The van der Waals surface area contributed by atoms with Gasteiger partial charge in [-0.25, -0.2) is 0 Å². The molecule has 17 heavy (non-hydrogen) atoms. The van der Waals surface area contributed by atoms with E-state index >= 15 is 0 Å². The van der Waals surface area contributed by atoms with Crippen molar-refractivity contribution in [3.63, 3.8) is 0 Å². The lowest BCUT2D eigenvalue weighted by Gasteiger charge is -2.42. The van der Waals surface area contributed by atoms with Crippen LogP contribution in [0.5, 0.6) is 0 Å². The summed E-state index contributed by atoms with van der Waals surface area (Å²) in [6.07, 6.45) is 1.23. The molecule has 0 saturated carbocycles. The van der Waals surface area contributed by atoms with Gasteiger partial charge in [-0.1, -0.05) is 0 Å². The molecule has 0 radical (unpaired) electrons. The highest BCUT2D eigenvalue weighted by atomic mass is 16.5. The normalized spacial score (nSPS) is 40.1. The first-order chi connectivity index (χ1) is 8.06. The van der Waals surface area contributed by atoms with Gasteiger partial charge in [0.1, 0.15) is 0 Å². The van der Waals surface area contributed by atoms with Gasteiger partial charge < -0.3 is 15.2 Å². The van der Waals surface area contributed by atoms with Crippen LogP contribution in [0.4, 0.5) is 0 Å².